The zero-order chi connectivity index (χ0) is 17.8. The Morgan fingerprint density at radius 1 is 1.16 bits per heavy atom. The van der Waals surface area contributed by atoms with Crippen molar-refractivity contribution in [2.75, 3.05) is 57.0 Å². The van der Waals surface area contributed by atoms with Gasteiger partial charge in [0.2, 0.25) is 5.91 Å². The Kier molecular flexibility index (Phi) is 5.80. The molecule has 25 heavy (non-hydrogen) atoms. The first-order valence-corrected chi connectivity index (χ1v) is 9.35. The molecule has 0 bridgehead atoms. The Morgan fingerprint density at radius 2 is 1.92 bits per heavy atom. The number of amides is 2. The molecule has 2 amide bonds. The molecule has 0 aromatic heterocycles. The van der Waals surface area contributed by atoms with E-state index in [9.17, 15) is 14.0 Å². The number of benzene rings is 1. The van der Waals surface area contributed by atoms with Crippen molar-refractivity contribution in [2.45, 2.75) is 6.42 Å². The Hall–Kier alpha value is -1.80. The van der Waals surface area contributed by atoms with Crippen LogP contribution >= 0.6 is 11.8 Å². The van der Waals surface area contributed by atoms with Crippen LogP contribution in [-0.2, 0) is 4.79 Å². The first-order valence-electron chi connectivity index (χ1n) is 8.36. The summed E-state index contributed by atoms with van der Waals surface area (Å²) < 4.78 is 18.6. The van der Waals surface area contributed by atoms with Gasteiger partial charge in [-0.2, -0.15) is 0 Å². The number of hydrogen-bond donors (Lipinski definition) is 0. The molecule has 0 atom stereocenters. The number of hydrogen-bond acceptors (Lipinski definition) is 6. The number of carbonyl (C=O) groups excluding carboxylic acids is 2. The molecule has 1 aromatic rings. The minimum absolute atomic E-state index is 0.0803. The summed E-state index contributed by atoms with van der Waals surface area (Å²) in [5, 5.41) is -0.127. The summed E-state index contributed by atoms with van der Waals surface area (Å²) in [6.07, 6.45) is 0.790. The maximum atomic E-state index is 13.3. The van der Waals surface area contributed by atoms with E-state index >= 15 is 0 Å². The van der Waals surface area contributed by atoms with Gasteiger partial charge in [-0.15, -0.1) is 0 Å². The van der Waals surface area contributed by atoms with Crippen molar-refractivity contribution >= 4 is 28.6 Å². The molecule has 2 saturated heterocycles. The van der Waals surface area contributed by atoms with Gasteiger partial charge in [-0.3, -0.25) is 19.4 Å². The van der Waals surface area contributed by atoms with Crippen molar-refractivity contribution in [3.63, 3.8) is 0 Å². The fourth-order valence-corrected chi connectivity index (χ4v) is 3.93. The van der Waals surface area contributed by atoms with Crippen LogP contribution < -0.4 is 9.64 Å². The molecule has 8 heteroatoms. The fourth-order valence-electron chi connectivity index (χ4n) is 3.17. The maximum Gasteiger partial charge on any atom is 0.288 e. The first kappa shape index (κ1) is 18.0. The van der Waals surface area contributed by atoms with Crippen molar-refractivity contribution in [1.29, 1.82) is 0 Å². The molecular formula is C17H22FN3O3S. The van der Waals surface area contributed by atoms with E-state index in [-0.39, 0.29) is 22.7 Å². The van der Waals surface area contributed by atoms with Crippen LogP contribution in [0.25, 0.3) is 0 Å². The smallest absolute Gasteiger partial charge is 0.288 e. The van der Waals surface area contributed by atoms with Crippen LogP contribution in [0.2, 0.25) is 0 Å². The molecule has 0 radical (unpaired) electrons. The summed E-state index contributed by atoms with van der Waals surface area (Å²) in [5.74, 6) is 0.445. The van der Waals surface area contributed by atoms with Crippen molar-refractivity contribution in [3.05, 3.63) is 24.0 Å². The molecule has 136 valence electrons. The lowest BCUT2D eigenvalue weighted by atomic mass is 10.2. The molecule has 1 aromatic carbocycles. The van der Waals surface area contributed by atoms with Gasteiger partial charge in [-0.25, -0.2) is 4.39 Å². The van der Waals surface area contributed by atoms with Crippen LogP contribution in [0.5, 0.6) is 5.75 Å². The van der Waals surface area contributed by atoms with Crippen LogP contribution in [0, 0.1) is 5.82 Å². The van der Waals surface area contributed by atoms with Gasteiger partial charge in [-0.05, 0) is 25.1 Å². The highest BCUT2D eigenvalue weighted by Gasteiger charge is 2.29. The van der Waals surface area contributed by atoms with Gasteiger partial charge in [0, 0.05) is 38.8 Å². The Morgan fingerprint density at radius 3 is 2.56 bits per heavy atom. The summed E-state index contributed by atoms with van der Waals surface area (Å²) in [4.78, 5) is 29.0. The van der Waals surface area contributed by atoms with E-state index in [2.05, 4.69) is 9.80 Å². The Bertz CT molecular complexity index is 634. The molecule has 0 saturated carbocycles. The molecule has 2 aliphatic rings. The highest BCUT2D eigenvalue weighted by Crippen LogP contribution is 2.29. The number of anilines is 1. The van der Waals surface area contributed by atoms with E-state index in [4.69, 9.17) is 4.74 Å². The van der Waals surface area contributed by atoms with Crippen LogP contribution in [0.3, 0.4) is 0 Å². The number of ether oxygens (including phenoxy) is 1. The number of rotatable bonds is 6. The van der Waals surface area contributed by atoms with E-state index in [0.717, 1.165) is 56.6 Å². The van der Waals surface area contributed by atoms with Gasteiger partial charge < -0.3 is 9.64 Å². The second kappa shape index (κ2) is 8.05. The topological polar surface area (TPSA) is 53.1 Å². The third-order valence-corrected chi connectivity index (χ3v) is 5.41. The molecule has 2 aliphatic heterocycles. The maximum absolute atomic E-state index is 13.3. The van der Waals surface area contributed by atoms with Crippen molar-refractivity contribution in [1.82, 2.24) is 9.80 Å². The molecule has 3 rings (SSSR count). The minimum atomic E-state index is -0.302. The minimum Gasteiger partial charge on any atom is -0.494 e. The van der Waals surface area contributed by atoms with Gasteiger partial charge in [0.25, 0.3) is 5.24 Å². The lowest BCUT2D eigenvalue weighted by Gasteiger charge is -2.36. The van der Waals surface area contributed by atoms with Gasteiger partial charge >= 0.3 is 0 Å². The zero-order valence-electron chi connectivity index (χ0n) is 14.2. The number of imide groups is 1. The standard InChI is InChI=1S/C17H22FN3O3S/c1-24-15-11-13(18)3-4-14(15)20-9-7-19(8-10-20)5-2-6-21-16(22)12-25-17(21)23/h3-4,11H,2,5-10,12H2,1H3. The summed E-state index contributed by atoms with van der Waals surface area (Å²) in [6.45, 7) is 4.79. The largest absolute Gasteiger partial charge is 0.494 e. The monoisotopic (exact) mass is 367 g/mol. The van der Waals surface area contributed by atoms with Gasteiger partial charge in [-0.1, -0.05) is 11.8 Å². The van der Waals surface area contributed by atoms with E-state index in [1.807, 2.05) is 0 Å². The summed E-state index contributed by atoms with van der Waals surface area (Å²) >= 11 is 1.08. The highest BCUT2D eigenvalue weighted by atomic mass is 32.2. The lowest BCUT2D eigenvalue weighted by Crippen LogP contribution is -2.47. The van der Waals surface area contributed by atoms with Crippen LogP contribution in [-0.4, -0.2) is 73.1 Å². The molecule has 0 unspecified atom stereocenters. The molecule has 2 fully saturated rings. The molecular weight excluding hydrogens is 345 g/mol. The second-order valence-corrected chi connectivity index (χ2v) is 7.02. The number of carbonyl (C=O) groups is 2. The molecule has 0 spiro atoms. The van der Waals surface area contributed by atoms with Crippen LogP contribution in [0.15, 0.2) is 18.2 Å². The Balaban J connectivity index is 1.46. The zero-order valence-corrected chi connectivity index (χ0v) is 15.1. The first-order chi connectivity index (χ1) is 12.1. The Labute approximate surface area is 150 Å². The van der Waals surface area contributed by atoms with Crippen molar-refractivity contribution in [3.8, 4) is 5.75 Å². The molecule has 2 heterocycles. The fraction of sp³-hybridized carbons (Fsp3) is 0.529. The van der Waals surface area contributed by atoms with E-state index in [1.165, 1.54) is 17.0 Å². The number of thioether (sulfide) groups is 1. The van der Waals surface area contributed by atoms with E-state index in [0.29, 0.717) is 12.3 Å². The van der Waals surface area contributed by atoms with E-state index in [1.54, 1.807) is 13.2 Å². The van der Waals surface area contributed by atoms with Crippen LogP contribution in [0.4, 0.5) is 14.9 Å². The number of methoxy groups -OCH3 is 1. The summed E-state index contributed by atoms with van der Waals surface area (Å²) in [6, 6.07) is 4.61. The number of halogens is 1. The van der Waals surface area contributed by atoms with E-state index < -0.39 is 0 Å². The van der Waals surface area contributed by atoms with Crippen LogP contribution in [0.1, 0.15) is 6.42 Å². The molecule has 0 aliphatic carbocycles. The molecule has 0 N–H and O–H groups in total. The highest BCUT2D eigenvalue weighted by molar-refractivity contribution is 8.14. The second-order valence-electron chi connectivity index (χ2n) is 6.10. The summed E-state index contributed by atoms with van der Waals surface area (Å²) in [7, 11) is 1.55. The number of piperazine rings is 1. The number of nitrogens with zero attached hydrogens (tertiary/aromatic N) is 3. The SMILES string of the molecule is COc1cc(F)ccc1N1CCN(CCCN2C(=O)CSC2=O)CC1. The predicted octanol–water partition coefficient (Wildman–Crippen LogP) is 2.04. The van der Waals surface area contributed by atoms with Gasteiger partial charge in [0.15, 0.2) is 0 Å². The lowest BCUT2D eigenvalue weighted by molar-refractivity contribution is -0.124. The van der Waals surface area contributed by atoms with Gasteiger partial charge in [0.1, 0.15) is 11.6 Å². The average Bonchev–Trinajstić information content (AvgIpc) is 2.94. The van der Waals surface area contributed by atoms with Crippen molar-refractivity contribution < 1.29 is 18.7 Å². The summed E-state index contributed by atoms with van der Waals surface area (Å²) in [5.41, 5.74) is 0.911. The van der Waals surface area contributed by atoms with Crippen molar-refractivity contribution in [2.24, 2.45) is 0 Å². The van der Waals surface area contributed by atoms with Gasteiger partial charge in [0.05, 0.1) is 18.6 Å². The quantitative estimate of drug-likeness (QED) is 0.767. The average molecular weight is 367 g/mol. The predicted molar refractivity (Wildman–Crippen MR) is 95.8 cm³/mol. The normalized spacial score (nSPS) is 19.0. The third-order valence-electron chi connectivity index (χ3n) is 4.55. The molecule has 6 nitrogen and oxygen atoms in total. The third kappa shape index (κ3) is 4.24.